The zero-order valence-electron chi connectivity index (χ0n) is 8.83. The van der Waals surface area contributed by atoms with Crippen LogP contribution in [0.25, 0.3) is 0 Å². The molecular weight excluding hydrogens is 220 g/mol. The summed E-state index contributed by atoms with van der Waals surface area (Å²) < 4.78 is 5.44. The van der Waals surface area contributed by atoms with E-state index < -0.39 is 5.97 Å². The van der Waals surface area contributed by atoms with E-state index in [4.69, 9.17) is 9.84 Å². The number of carboxylic acid groups (broad SMARTS) is 1. The van der Waals surface area contributed by atoms with Crippen LogP contribution in [-0.4, -0.2) is 16.2 Å². The standard InChI is InChI=1S/C13H10O4/c14-10-2-1-3-12(8-10)17-11-6-4-9(5-7-11)13(15)16/h1-8,14H,(H,15,16). The number of hydrogen-bond donors (Lipinski definition) is 2. The van der Waals surface area contributed by atoms with Gasteiger partial charge in [-0.15, -0.1) is 0 Å². The number of benzene rings is 2. The zero-order valence-corrected chi connectivity index (χ0v) is 8.83. The number of aromatic hydroxyl groups is 1. The number of ether oxygens (including phenoxy) is 1. The van der Waals surface area contributed by atoms with E-state index in [1.54, 1.807) is 30.3 Å². The second-order valence-electron chi connectivity index (χ2n) is 3.43. The molecule has 17 heavy (non-hydrogen) atoms. The zero-order chi connectivity index (χ0) is 12.3. The van der Waals surface area contributed by atoms with Crippen LogP contribution in [-0.2, 0) is 0 Å². The number of carboxylic acids is 1. The topological polar surface area (TPSA) is 66.8 Å². The van der Waals surface area contributed by atoms with Gasteiger partial charge in [0.15, 0.2) is 0 Å². The lowest BCUT2D eigenvalue weighted by Gasteiger charge is -2.05. The summed E-state index contributed by atoms with van der Waals surface area (Å²) in [6, 6.07) is 12.4. The minimum Gasteiger partial charge on any atom is -0.508 e. The van der Waals surface area contributed by atoms with E-state index in [-0.39, 0.29) is 11.3 Å². The number of aromatic carboxylic acids is 1. The maximum atomic E-state index is 10.6. The Bertz CT molecular complexity index is 531. The van der Waals surface area contributed by atoms with Crippen LogP contribution in [0.5, 0.6) is 17.2 Å². The molecule has 0 saturated carbocycles. The highest BCUT2D eigenvalue weighted by atomic mass is 16.5. The number of carbonyl (C=O) groups is 1. The van der Waals surface area contributed by atoms with E-state index in [1.165, 1.54) is 18.2 Å². The predicted molar refractivity (Wildman–Crippen MR) is 61.6 cm³/mol. The quantitative estimate of drug-likeness (QED) is 0.850. The number of rotatable bonds is 3. The molecule has 0 radical (unpaired) electrons. The second kappa shape index (κ2) is 4.57. The van der Waals surface area contributed by atoms with Gasteiger partial charge in [-0.2, -0.15) is 0 Å². The fourth-order valence-electron chi connectivity index (χ4n) is 1.35. The van der Waals surface area contributed by atoms with Crippen LogP contribution < -0.4 is 4.74 Å². The molecule has 0 spiro atoms. The van der Waals surface area contributed by atoms with Crippen molar-refractivity contribution >= 4 is 5.97 Å². The molecule has 0 aliphatic carbocycles. The van der Waals surface area contributed by atoms with Crippen molar-refractivity contribution in [2.45, 2.75) is 0 Å². The highest BCUT2D eigenvalue weighted by Gasteiger charge is 2.03. The van der Waals surface area contributed by atoms with Crippen LogP contribution in [0.2, 0.25) is 0 Å². The van der Waals surface area contributed by atoms with Gasteiger partial charge in [0.1, 0.15) is 17.2 Å². The van der Waals surface area contributed by atoms with Crippen LogP contribution in [0.15, 0.2) is 48.5 Å². The molecule has 0 unspecified atom stereocenters. The van der Waals surface area contributed by atoms with E-state index in [0.29, 0.717) is 11.5 Å². The fourth-order valence-corrected chi connectivity index (χ4v) is 1.35. The third-order valence-corrected chi connectivity index (χ3v) is 2.15. The summed E-state index contributed by atoms with van der Waals surface area (Å²) in [6.07, 6.45) is 0. The van der Waals surface area contributed by atoms with Crippen molar-refractivity contribution in [3.8, 4) is 17.2 Å². The minimum atomic E-state index is -0.978. The van der Waals surface area contributed by atoms with Crippen LogP contribution >= 0.6 is 0 Å². The average Bonchev–Trinajstić information content (AvgIpc) is 2.29. The van der Waals surface area contributed by atoms with Crippen LogP contribution in [0.1, 0.15) is 10.4 Å². The highest BCUT2D eigenvalue weighted by Crippen LogP contribution is 2.24. The molecule has 2 aromatic carbocycles. The van der Waals surface area contributed by atoms with Crippen molar-refractivity contribution in [3.63, 3.8) is 0 Å². The molecule has 0 aromatic heterocycles. The Morgan fingerprint density at radius 2 is 1.71 bits per heavy atom. The molecule has 4 nitrogen and oxygen atoms in total. The number of hydrogen-bond acceptors (Lipinski definition) is 3. The molecule has 2 rings (SSSR count). The van der Waals surface area contributed by atoms with Gasteiger partial charge in [0, 0.05) is 6.07 Å². The van der Waals surface area contributed by atoms with Gasteiger partial charge in [0.05, 0.1) is 5.56 Å². The fraction of sp³-hybridized carbons (Fsp3) is 0. The monoisotopic (exact) mass is 230 g/mol. The first-order valence-electron chi connectivity index (χ1n) is 4.95. The van der Waals surface area contributed by atoms with Gasteiger partial charge >= 0.3 is 5.97 Å². The molecular formula is C13H10O4. The van der Waals surface area contributed by atoms with Crippen molar-refractivity contribution in [2.75, 3.05) is 0 Å². The van der Waals surface area contributed by atoms with Crippen molar-refractivity contribution in [2.24, 2.45) is 0 Å². The van der Waals surface area contributed by atoms with Gasteiger partial charge in [0.2, 0.25) is 0 Å². The molecule has 2 N–H and O–H groups in total. The van der Waals surface area contributed by atoms with Gasteiger partial charge in [-0.05, 0) is 36.4 Å². The summed E-state index contributed by atoms with van der Waals surface area (Å²) in [5.74, 6) is 0.146. The molecule has 0 aliphatic heterocycles. The average molecular weight is 230 g/mol. The Balaban J connectivity index is 2.16. The normalized spacial score (nSPS) is 9.88. The third kappa shape index (κ3) is 2.75. The van der Waals surface area contributed by atoms with Gasteiger partial charge in [-0.3, -0.25) is 0 Å². The first-order valence-corrected chi connectivity index (χ1v) is 4.95. The van der Waals surface area contributed by atoms with Gasteiger partial charge < -0.3 is 14.9 Å². The molecule has 86 valence electrons. The van der Waals surface area contributed by atoms with E-state index in [9.17, 15) is 9.90 Å². The van der Waals surface area contributed by atoms with E-state index in [2.05, 4.69) is 0 Å². The molecule has 0 aliphatic rings. The van der Waals surface area contributed by atoms with Crippen molar-refractivity contribution < 1.29 is 19.7 Å². The molecule has 4 heteroatoms. The van der Waals surface area contributed by atoms with E-state index in [0.717, 1.165) is 0 Å². The SMILES string of the molecule is O=C(O)c1ccc(Oc2cccc(O)c2)cc1. The summed E-state index contributed by atoms with van der Waals surface area (Å²) in [5, 5.41) is 18.0. The van der Waals surface area contributed by atoms with Crippen LogP contribution in [0, 0.1) is 0 Å². The summed E-state index contributed by atoms with van der Waals surface area (Å²) >= 11 is 0. The Kier molecular flexibility index (Phi) is 2.96. The van der Waals surface area contributed by atoms with Gasteiger partial charge in [0.25, 0.3) is 0 Å². The first kappa shape index (κ1) is 11.0. The molecule has 2 aromatic rings. The lowest BCUT2D eigenvalue weighted by molar-refractivity contribution is 0.0697. The highest BCUT2D eigenvalue weighted by molar-refractivity contribution is 5.87. The Labute approximate surface area is 97.7 Å². The molecule has 0 heterocycles. The molecule has 0 atom stereocenters. The third-order valence-electron chi connectivity index (χ3n) is 2.15. The van der Waals surface area contributed by atoms with Crippen LogP contribution in [0.4, 0.5) is 0 Å². The number of phenols is 1. The second-order valence-corrected chi connectivity index (χ2v) is 3.43. The molecule has 0 amide bonds. The lowest BCUT2D eigenvalue weighted by Crippen LogP contribution is -1.95. The molecule has 0 bridgehead atoms. The van der Waals surface area contributed by atoms with Crippen molar-refractivity contribution in [3.05, 3.63) is 54.1 Å². The van der Waals surface area contributed by atoms with Gasteiger partial charge in [-0.25, -0.2) is 4.79 Å². The summed E-state index contributed by atoms with van der Waals surface area (Å²) in [6.45, 7) is 0. The van der Waals surface area contributed by atoms with E-state index >= 15 is 0 Å². The largest absolute Gasteiger partial charge is 0.508 e. The summed E-state index contributed by atoms with van der Waals surface area (Å²) in [7, 11) is 0. The van der Waals surface area contributed by atoms with Gasteiger partial charge in [-0.1, -0.05) is 6.07 Å². The lowest BCUT2D eigenvalue weighted by atomic mass is 10.2. The predicted octanol–water partition coefficient (Wildman–Crippen LogP) is 2.88. The smallest absolute Gasteiger partial charge is 0.335 e. The van der Waals surface area contributed by atoms with Crippen molar-refractivity contribution in [1.29, 1.82) is 0 Å². The Morgan fingerprint density at radius 3 is 2.29 bits per heavy atom. The Morgan fingerprint density at radius 1 is 1.00 bits per heavy atom. The maximum absolute atomic E-state index is 10.6. The first-order chi connectivity index (χ1) is 8.15. The summed E-state index contributed by atoms with van der Waals surface area (Å²) in [4.78, 5) is 10.6. The van der Waals surface area contributed by atoms with Crippen LogP contribution in [0.3, 0.4) is 0 Å². The maximum Gasteiger partial charge on any atom is 0.335 e. The Hall–Kier alpha value is -2.49. The molecule has 0 fully saturated rings. The minimum absolute atomic E-state index is 0.115. The number of phenolic OH excluding ortho intramolecular Hbond substituents is 1. The molecule has 0 saturated heterocycles. The van der Waals surface area contributed by atoms with Crippen molar-refractivity contribution in [1.82, 2.24) is 0 Å². The summed E-state index contributed by atoms with van der Waals surface area (Å²) in [5.41, 5.74) is 0.202. The van der Waals surface area contributed by atoms with E-state index in [1.807, 2.05) is 0 Å².